The minimum Gasteiger partial charge on any atom is -0.303 e. The summed E-state index contributed by atoms with van der Waals surface area (Å²) in [6, 6.07) is 7.00. The van der Waals surface area contributed by atoms with E-state index in [0.29, 0.717) is 0 Å². The van der Waals surface area contributed by atoms with Gasteiger partial charge in [-0.25, -0.2) is 4.39 Å². The number of unbranched alkanes of at least 4 members (excludes halogenated alkanes) is 2. The van der Waals surface area contributed by atoms with Crippen molar-refractivity contribution in [3.63, 3.8) is 0 Å². The second-order valence-corrected chi connectivity index (χ2v) is 6.16. The van der Waals surface area contributed by atoms with E-state index >= 15 is 0 Å². The van der Waals surface area contributed by atoms with Gasteiger partial charge in [-0.3, -0.25) is 0 Å². The highest BCUT2D eigenvalue weighted by molar-refractivity contribution is 8.93. The molecule has 1 aromatic carbocycles. The fourth-order valence-corrected chi connectivity index (χ4v) is 3.11. The van der Waals surface area contributed by atoms with Gasteiger partial charge in [-0.15, -0.1) is 17.0 Å². The van der Waals surface area contributed by atoms with Crippen LogP contribution in [0.4, 0.5) is 4.39 Å². The van der Waals surface area contributed by atoms with Gasteiger partial charge in [0.25, 0.3) is 0 Å². The van der Waals surface area contributed by atoms with E-state index in [0.717, 1.165) is 12.3 Å². The molecule has 0 bridgehead atoms. The molecule has 0 amide bonds. The van der Waals surface area contributed by atoms with Crippen LogP contribution in [0.1, 0.15) is 51.0 Å². The highest BCUT2D eigenvalue weighted by atomic mass is 79.9. The highest BCUT2D eigenvalue weighted by Crippen LogP contribution is 2.22. The van der Waals surface area contributed by atoms with Gasteiger partial charge in [0.05, 0.1) is 0 Å². The first-order valence-corrected chi connectivity index (χ1v) is 8.24. The Morgan fingerprint density at radius 1 is 1.10 bits per heavy atom. The predicted molar refractivity (Wildman–Crippen MR) is 93.7 cm³/mol. The summed E-state index contributed by atoms with van der Waals surface area (Å²) in [5.74, 6) is 0.733. The summed E-state index contributed by atoms with van der Waals surface area (Å²) in [7, 11) is 0. The highest BCUT2D eigenvalue weighted by Gasteiger charge is 2.18. The second-order valence-electron chi connectivity index (χ2n) is 6.16. The molecular formula is C18H29BrFN. The maximum atomic E-state index is 12.8. The van der Waals surface area contributed by atoms with Crippen LogP contribution in [0, 0.1) is 11.7 Å². The Labute approximate surface area is 139 Å². The zero-order chi connectivity index (χ0) is 14.2. The minimum atomic E-state index is -0.130. The Balaban J connectivity index is 0.00000220. The lowest BCUT2D eigenvalue weighted by Crippen LogP contribution is -2.34. The molecule has 21 heavy (non-hydrogen) atoms. The third-order valence-electron chi connectivity index (χ3n) is 4.54. The van der Waals surface area contributed by atoms with E-state index in [1.54, 1.807) is 12.1 Å². The van der Waals surface area contributed by atoms with E-state index in [4.69, 9.17) is 0 Å². The van der Waals surface area contributed by atoms with Gasteiger partial charge >= 0.3 is 0 Å². The maximum Gasteiger partial charge on any atom is 0.123 e. The zero-order valence-corrected chi connectivity index (χ0v) is 14.9. The van der Waals surface area contributed by atoms with E-state index in [-0.39, 0.29) is 22.8 Å². The summed E-state index contributed by atoms with van der Waals surface area (Å²) in [4.78, 5) is 2.63. The van der Waals surface area contributed by atoms with Gasteiger partial charge in [-0.05, 0) is 75.4 Å². The second kappa shape index (κ2) is 10.3. The number of hydrogen-bond donors (Lipinski definition) is 0. The third kappa shape index (κ3) is 6.92. The molecule has 0 radical (unpaired) electrons. The summed E-state index contributed by atoms with van der Waals surface area (Å²) in [5.41, 5.74) is 1.27. The average Bonchev–Trinajstić information content (AvgIpc) is 2.48. The van der Waals surface area contributed by atoms with Gasteiger partial charge in [0, 0.05) is 0 Å². The lowest BCUT2D eigenvalue weighted by molar-refractivity contribution is 0.176. The molecule has 1 aliphatic rings. The zero-order valence-electron chi connectivity index (χ0n) is 13.2. The molecule has 3 heteroatoms. The maximum absolute atomic E-state index is 12.8. The molecule has 1 aliphatic heterocycles. The van der Waals surface area contributed by atoms with Gasteiger partial charge in [-0.1, -0.05) is 31.9 Å². The lowest BCUT2D eigenvalue weighted by atomic mass is 9.90. The molecule has 2 rings (SSSR count). The van der Waals surface area contributed by atoms with Crippen molar-refractivity contribution in [2.75, 3.05) is 19.6 Å². The molecule has 0 aromatic heterocycles. The van der Waals surface area contributed by atoms with Crippen molar-refractivity contribution < 1.29 is 4.39 Å². The van der Waals surface area contributed by atoms with Crippen LogP contribution in [0.25, 0.3) is 0 Å². The molecule has 0 aliphatic carbocycles. The van der Waals surface area contributed by atoms with Gasteiger partial charge in [0.1, 0.15) is 5.82 Å². The molecule has 0 spiro atoms. The molecule has 1 nitrogen and oxygen atoms in total. The van der Waals surface area contributed by atoms with Gasteiger partial charge in [0.2, 0.25) is 0 Å². The number of rotatable bonds is 7. The van der Waals surface area contributed by atoms with Crippen LogP contribution in [0.2, 0.25) is 0 Å². The van der Waals surface area contributed by atoms with Gasteiger partial charge in [0.15, 0.2) is 0 Å². The first-order chi connectivity index (χ1) is 9.78. The van der Waals surface area contributed by atoms with Crippen molar-refractivity contribution >= 4 is 17.0 Å². The van der Waals surface area contributed by atoms with Crippen molar-refractivity contribution in [2.45, 2.75) is 51.9 Å². The van der Waals surface area contributed by atoms with Crippen molar-refractivity contribution in [1.29, 1.82) is 0 Å². The fourth-order valence-electron chi connectivity index (χ4n) is 3.11. The largest absolute Gasteiger partial charge is 0.303 e. The number of likely N-dealkylation sites (tertiary alicyclic amines) is 1. The van der Waals surface area contributed by atoms with Crippen LogP contribution >= 0.6 is 17.0 Å². The monoisotopic (exact) mass is 357 g/mol. The summed E-state index contributed by atoms with van der Waals surface area (Å²) in [6.07, 6.45) is 9.07. The van der Waals surface area contributed by atoms with Crippen molar-refractivity contribution in [3.8, 4) is 0 Å². The van der Waals surface area contributed by atoms with Crippen molar-refractivity contribution in [3.05, 3.63) is 35.6 Å². The Kier molecular flexibility index (Phi) is 9.18. The predicted octanol–water partition coefficient (Wildman–Crippen LogP) is 5.24. The summed E-state index contributed by atoms with van der Waals surface area (Å²) in [5, 5.41) is 0. The van der Waals surface area contributed by atoms with Crippen LogP contribution in [0.5, 0.6) is 0 Å². The number of halogens is 2. The minimum absolute atomic E-state index is 0. The van der Waals surface area contributed by atoms with Gasteiger partial charge in [-0.2, -0.15) is 0 Å². The van der Waals surface area contributed by atoms with Crippen LogP contribution < -0.4 is 0 Å². The van der Waals surface area contributed by atoms with E-state index < -0.39 is 0 Å². The average molecular weight is 358 g/mol. The van der Waals surface area contributed by atoms with Crippen LogP contribution in [0.3, 0.4) is 0 Å². The Hall–Kier alpha value is -0.410. The molecule has 0 saturated carbocycles. The van der Waals surface area contributed by atoms with E-state index in [2.05, 4.69) is 11.8 Å². The van der Waals surface area contributed by atoms with E-state index in [1.807, 2.05) is 12.1 Å². The van der Waals surface area contributed by atoms with Crippen LogP contribution in [-0.4, -0.2) is 24.5 Å². The summed E-state index contributed by atoms with van der Waals surface area (Å²) >= 11 is 0. The fraction of sp³-hybridized carbons (Fsp3) is 0.667. The molecule has 1 heterocycles. The van der Waals surface area contributed by atoms with E-state index in [1.165, 1.54) is 63.7 Å². The topological polar surface area (TPSA) is 3.24 Å². The molecule has 1 aromatic rings. The lowest BCUT2D eigenvalue weighted by Gasteiger charge is -2.32. The molecule has 120 valence electrons. The molecule has 1 saturated heterocycles. The SMILES string of the molecule is Br.CCCCCN1CCC(CCc2ccc(F)cc2)CC1. The molecule has 1 fully saturated rings. The summed E-state index contributed by atoms with van der Waals surface area (Å²) in [6.45, 7) is 6.11. The molecule has 0 unspecified atom stereocenters. The molecule has 0 atom stereocenters. The van der Waals surface area contributed by atoms with E-state index in [9.17, 15) is 4.39 Å². The first kappa shape index (κ1) is 18.6. The third-order valence-corrected chi connectivity index (χ3v) is 4.54. The Bertz CT molecular complexity index is 371. The number of piperidine rings is 1. The van der Waals surface area contributed by atoms with Crippen LogP contribution in [-0.2, 0) is 6.42 Å². The smallest absolute Gasteiger partial charge is 0.123 e. The van der Waals surface area contributed by atoms with Gasteiger partial charge < -0.3 is 4.90 Å². The standard InChI is InChI=1S/C18H28FN.BrH/c1-2-3-4-13-20-14-11-17(12-15-20)6-5-16-7-9-18(19)10-8-16;/h7-10,17H,2-6,11-15H2,1H3;1H. The summed E-state index contributed by atoms with van der Waals surface area (Å²) < 4.78 is 12.8. The number of hydrogen-bond acceptors (Lipinski definition) is 1. The molecule has 0 N–H and O–H groups in total. The number of nitrogens with zero attached hydrogens (tertiary/aromatic N) is 1. The Morgan fingerprint density at radius 3 is 2.38 bits per heavy atom. The van der Waals surface area contributed by atoms with Crippen molar-refractivity contribution in [1.82, 2.24) is 4.90 Å². The normalized spacial score (nSPS) is 16.7. The number of aryl methyl sites for hydroxylation is 1. The molecular weight excluding hydrogens is 329 g/mol. The first-order valence-electron chi connectivity index (χ1n) is 8.24. The number of benzene rings is 1. The Morgan fingerprint density at radius 2 is 1.76 bits per heavy atom. The van der Waals surface area contributed by atoms with Crippen LogP contribution in [0.15, 0.2) is 24.3 Å². The van der Waals surface area contributed by atoms with Crippen molar-refractivity contribution in [2.24, 2.45) is 5.92 Å². The quantitative estimate of drug-likeness (QED) is 0.603.